The Morgan fingerprint density at radius 1 is 1.16 bits per heavy atom. The van der Waals surface area contributed by atoms with Gasteiger partial charge in [-0.05, 0) is 34.7 Å². The molecule has 0 bridgehead atoms. The Labute approximate surface area is 110 Å². The predicted octanol–water partition coefficient (Wildman–Crippen LogP) is 3.98. The van der Waals surface area contributed by atoms with Crippen molar-refractivity contribution < 1.29 is 13.9 Å². The molecule has 3 rings (SSSR count). The Bertz CT molecular complexity index is 649. The molecule has 2 aromatic rings. The fourth-order valence-corrected chi connectivity index (χ4v) is 2.67. The quantitative estimate of drug-likeness (QED) is 0.739. The molecule has 1 unspecified atom stereocenters. The van der Waals surface area contributed by atoms with Gasteiger partial charge in [-0.2, -0.15) is 0 Å². The van der Waals surface area contributed by atoms with Gasteiger partial charge >= 0.3 is 0 Å². The molecular formula is C16H14F2O. The van der Waals surface area contributed by atoms with Gasteiger partial charge in [0.25, 0.3) is 0 Å². The minimum Gasteiger partial charge on any atom is -0.388 e. The lowest BCUT2D eigenvalue weighted by molar-refractivity contribution is 0.173. The summed E-state index contributed by atoms with van der Waals surface area (Å²) in [5.74, 6) is -1.56. The Balaban J connectivity index is 2.10. The van der Waals surface area contributed by atoms with E-state index in [1.165, 1.54) is 0 Å². The van der Waals surface area contributed by atoms with Crippen LogP contribution in [0.3, 0.4) is 0 Å². The van der Waals surface area contributed by atoms with E-state index in [0.717, 1.165) is 28.3 Å². The van der Waals surface area contributed by atoms with Crippen LogP contribution in [-0.2, 0) is 6.42 Å². The molecule has 98 valence electrons. The van der Waals surface area contributed by atoms with Crippen LogP contribution in [0.25, 0.3) is 11.1 Å². The minimum absolute atomic E-state index is 0.387. The van der Waals surface area contributed by atoms with Crippen molar-refractivity contribution in [2.45, 2.75) is 25.9 Å². The minimum atomic E-state index is -0.805. The molecule has 1 aliphatic rings. The first kappa shape index (κ1) is 12.3. The summed E-state index contributed by atoms with van der Waals surface area (Å²) in [5.41, 5.74) is 3.88. The van der Waals surface area contributed by atoms with E-state index >= 15 is 0 Å². The highest BCUT2D eigenvalue weighted by Gasteiger charge is 2.24. The molecule has 19 heavy (non-hydrogen) atoms. The second-order valence-corrected chi connectivity index (χ2v) is 4.90. The molecule has 0 radical (unpaired) electrons. The van der Waals surface area contributed by atoms with Crippen molar-refractivity contribution in [3.8, 4) is 11.1 Å². The van der Waals surface area contributed by atoms with Crippen LogP contribution >= 0.6 is 0 Å². The lowest BCUT2D eigenvalue weighted by Gasteiger charge is -2.10. The first-order valence-corrected chi connectivity index (χ1v) is 6.40. The summed E-state index contributed by atoms with van der Waals surface area (Å²) in [5, 5.41) is 9.84. The molecule has 0 saturated carbocycles. The van der Waals surface area contributed by atoms with Crippen molar-refractivity contribution >= 4 is 0 Å². The second kappa shape index (κ2) is 4.42. The molecule has 1 aliphatic carbocycles. The molecule has 0 aromatic heterocycles. The molecule has 0 amide bonds. The highest BCUT2D eigenvalue weighted by molar-refractivity contribution is 5.77. The molecule has 0 spiro atoms. The number of rotatable bonds is 2. The SMILES string of the molecule is CCC(O)c1ccc2c(c1)Cc1c-2ccc(F)c1F. The molecule has 2 aromatic carbocycles. The Morgan fingerprint density at radius 2 is 1.89 bits per heavy atom. The Morgan fingerprint density at radius 3 is 2.63 bits per heavy atom. The number of hydrogen-bond acceptors (Lipinski definition) is 1. The number of fused-ring (bicyclic) bond motifs is 3. The van der Waals surface area contributed by atoms with Crippen LogP contribution in [0.5, 0.6) is 0 Å². The van der Waals surface area contributed by atoms with Gasteiger partial charge < -0.3 is 5.11 Å². The topological polar surface area (TPSA) is 20.2 Å². The summed E-state index contributed by atoms with van der Waals surface area (Å²) in [4.78, 5) is 0. The number of hydrogen-bond donors (Lipinski definition) is 1. The van der Waals surface area contributed by atoms with Crippen molar-refractivity contribution in [3.63, 3.8) is 0 Å². The number of benzene rings is 2. The molecular weight excluding hydrogens is 246 g/mol. The third-order valence-electron chi connectivity index (χ3n) is 3.75. The molecule has 0 fully saturated rings. The second-order valence-electron chi connectivity index (χ2n) is 4.90. The van der Waals surface area contributed by atoms with E-state index in [4.69, 9.17) is 0 Å². The number of halogens is 2. The van der Waals surface area contributed by atoms with Gasteiger partial charge in [0.05, 0.1) is 6.10 Å². The number of aliphatic hydroxyl groups is 1. The molecule has 1 N–H and O–H groups in total. The largest absolute Gasteiger partial charge is 0.388 e. The van der Waals surface area contributed by atoms with Crippen LogP contribution < -0.4 is 0 Å². The predicted molar refractivity (Wildman–Crippen MR) is 69.9 cm³/mol. The van der Waals surface area contributed by atoms with Crippen molar-refractivity contribution in [3.05, 3.63) is 58.7 Å². The van der Waals surface area contributed by atoms with Gasteiger partial charge in [0, 0.05) is 12.0 Å². The van der Waals surface area contributed by atoms with Gasteiger partial charge in [-0.15, -0.1) is 0 Å². The van der Waals surface area contributed by atoms with Gasteiger partial charge in [-0.1, -0.05) is 31.2 Å². The van der Waals surface area contributed by atoms with Crippen molar-refractivity contribution in [2.75, 3.05) is 0 Å². The van der Waals surface area contributed by atoms with E-state index in [1.807, 2.05) is 25.1 Å². The maximum absolute atomic E-state index is 13.8. The zero-order valence-corrected chi connectivity index (χ0v) is 10.6. The van der Waals surface area contributed by atoms with E-state index in [9.17, 15) is 13.9 Å². The fourth-order valence-electron chi connectivity index (χ4n) is 2.67. The lowest BCUT2D eigenvalue weighted by atomic mass is 10.00. The van der Waals surface area contributed by atoms with Crippen molar-refractivity contribution in [1.29, 1.82) is 0 Å². The summed E-state index contributed by atoms with van der Waals surface area (Å²) in [6.45, 7) is 1.90. The van der Waals surface area contributed by atoms with E-state index in [2.05, 4.69) is 0 Å². The highest BCUT2D eigenvalue weighted by Crippen LogP contribution is 2.39. The van der Waals surface area contributed by atoms with Crippen LogP contribution in [0.1, 0.15) is 36.1 Å². The van der Waals surface area contributed by atoms with Gasteiger partial charge in [0.15, 0.2) is 11.6 Å². The van der Waals surface area contributed by atoms with E-state index in [1.54, 1.807) is 6.07 Å². The van der Waals surface area contributed by atoms with Crippen molar-refractivity contribution in [1.82, 2.24) is 0 Å². The Kier molecular flexibility index (Phi) is 2.86. The van der Waals surface area contributed by atoms with E-state index in [-0.39, 0.29) is 0 Å². The maximum atomic E-state index is 13.8. The van der Waals surface area contributed by atoms with Crippen LogP contribution in [0.4, 0.5) is 8.78 Å². The Hall–Kier alpha value is -1.74. The summed E-state index contributed by atoms with van der Waals surface area (Å²) < 4.78 is 27.0. The van der Waals surface area contributed by atoms with Gasteiger partial charge in [0.2, 0.25) is 0 Å². The number of aliphatic hydroxyl groups excluding tert-OH is 1. The van der Waals surface area contributed by atoms with E-state index in [0.29, 0.717) is 18.4 Å². The average molecular weight is 260 g/mol. The third kappa shape index (κ3) is 1.85. The average Bonchev–Trinajstić information content (AvgIpc) is 2.80. The molecule has 0 heterocycles. The molecule has 0 saturated heterocycles. The fraction of sp³-hybridized carbons (Fsp3) is 0.250. The first-order valence-electron chi connectivity index (χ1n) is 6.40. The lowest BCUT2D eigenvalue weighted by Crippen LogP contribution is -1.96. The smallest absolute Gasteiger partial charge is 0.162 e. The molecule has 3 heteroatoms. The van der Waals surface area contributed by atoms with Crippen LogP contribution in [0.15, 0.2) is 30.3 Å². The van der Waals surface area contributed by atoms with Gasteiger partial charge in [-0.3, -0.25) is 0 Å². The van der Waals surface area contributed by atoms with Crippen LogP contribution in [-0.4, -0.2) is 5.11 Å². The van der Waals surface area contributed by atoms with Crippen LogP contribution in [0.2, 0.25) is 0 Å². The first-order chi connectivity index (χ1) is 9.11. The summed E-state index contributed by atoms with van der Waals surface area (Å²) in [6, 6.07) is 8.41. The zero-order valence-electron chi connectivity index (χ0n) is 10.6. The highest BCUT2D eigenvalue weighted by atomic mass is 19.2. The molecule has 1 nitrogen and oxygen atoms in total. The maximum Gasteiger partial charge on any atom is 0.162 e. The molecule has 1 atom stereocenters. The van der Waals surface area contributed by atoms with Crippen LogP contribution in [0, 0.1) is 11.6 Å². The monoisotopic (exact) mass is 260 g/mol. The summed E-state index contributed by atoms with van der Waals surface area (Å²) in [6.07, 6.45) is 0.517. The van der Waals surface area contributed by atoms with E-state index < -0.39 is 17.7 Å². The van der Waals surface area contributed by atoms with Gasteiger partial charge in [-0.25, -0.2) is 8.78 Å². The summed E-state index contributed by atoms with van der Waals surface area (Å²) in [7, 11) is 0. The van der Waals surface area contributed by atoms with Gasteiger partial charge in [0.1, 0.15) is 0 Å². The standard InChI is InChI=1S/C16H14F2O/c1-2-15(19)9-3-4-11-10(7-9)8-13-12(11)5-6-14(17)16(13)18/h3-7,15,19H,2,8H2,1H3. The normalized spacial score (nSPS) is 14.1. The third-order valence-corrected chi connectivity index (χ3v) is 3.75. The van der Waals surface area contributed by atoms with Crippen molar-refractivity contribution in [2.24, 2.45) is 0 Å². The molecule has 0 aliphatic heterocycles. The zero-order chi connectivity index (χ0) is 13.6. The summed E-state index contributed by atoms with van der Waals surface area (Å²) >= 11 is 0.